The van der Waals surface area contributed by atoms with Crippen LogP contribution in [0.4, 0.5) is 0 Å². The smallest absolute Gasteiger partial charge is 0.326 e. The van der Waals surface area contributed by atoms with Gasteiger partial charge in [-0.15, -0.1) is 0 Å². The first kappa shape index (κ1) is 48.9. The van der Waals surface area contributed by atoms with Crippen LogP contribution in [0.15, 0.2) is 29.2 Å². The molecule has 17 heteroatoms. The van der Waals surface area contributed by atoms with E-state index in [0.29, 0.717) is 0 Å². The van der Waals surface area contributed by atoms with Crippen LogP contribution in [0.5, 0.6) is 0 Å². The summed E-state index contributed by atoms with van der Waals surface area (Å²) in [6, 6.07) is 6.05. The first-order valence-electron chi connectivity index (χ1n) is 18.0. The van der Waals surface area contributed by atoms with Crippen molar-refractivity contribution in [2.75, 3.05) is 52.4 Å². The molecule has 0 spiro atoms. The van der Waals surface area contributed by atoms with E-state index in [4.69, 9.17) is 23.1 Å². The summed E-state index contributed by atoms with van der Waals surface area (Å²) in [7, 11) is -4.14. The zero-order valence-corrected chi connectivity index (χ0v) is 35.5. The maximum atomic E-state index is 13.8. The van der Waals surface area contributed by atoms with Crippen molar-refractivity contribution in [3.05, 3.63) is 29.8 Å². The van der Waals surface area contributed by atoms with Gasteiger partial charge in [0.2, 0.25) is 11.8 Å². The van der Waals surface area contributed by atoms with E-state index in [9.17, 15) is 37.2 Å². The Morgan fingerprint density at radius 3 is 1.13 bits per heavy atom. The topological polar surface area (TPSA) is 192 Å². The third-order valence-electron chi connectivity index (χ3n) is 6.55. The highest BCUT2D eigenvalue weighted by atomic mass is 32.2. The van der Waals surface area contributed by atoms with Gasteiger partial charge in [-0.25, -0.2) is 0 Å². The number of nitrogens with zero attached hydrogens (tertiary/aromatic N) is 3. The van der Waals surface area contributed by atoms with Crippen molar-refractivity contribution in [2.24, 2.45) is 0 Å². The lowest BCUT2D eigenvalue weighted by atomic mass is 10.2. The highest BCUT2D eigenvalue weighted by molar-refractivity contribution is 7.86. The Kier molecular flexibility index (Phi) is 18.0. The second-order valence-corrected chi connectivity index (χ2v) is 18.6. The average Bonchev–Trinajstić information content (AvgIpc) is 2.94. The lowest BCUT2D eigenvalue weighted by molar-refractivity contribution is -0.164. The van der Waals surface area contributed by atoms with Gasteiger partial charge in [0, 0.05) is 6.54 Å². The first-order chi connectivity index (χ1) is 24.8. The molecule has 1 rings (SSSR count). The van der Waals surface area contributed by atoms with Crippen molar-refractivity contribution >= 4 is 45.8 Å². The number of rotatable bonds is 18. The first-order valence-corrected chi connectivity index (χ1v) is 19.4. The number of ether oxygens (including phenoxy) is 4. The molecule has 1 aromatic carbocycles. The molecule has 0 fully saturated rings. The highest BCUT2D eigenvalue weighted by Crippen LogP contribution is 2.15. The minimum Gasteiger partial charge on any atom is -0.459 e. The summed E-state index contributed by atoms with van der Waals surface area (Å²) in [5.41, 5.74) is -2.76. The van der Waals surface area contributed by atoms with E-state index in [0.717, 1.165) is 15.4 Å². The van der Waals surface area contributed by atoms with Crippen molar-refractivity contribution < 1.29 is 60.3 Å². The Hall–Kier alpha value is -4.09. The molecule has 312 valence electrons. The zero-order chi connectivity index (χ0) is 42.6. The molecule has 0 aliphatic carbocycles. The lowest BCUT2D eigenvalue weighted by Crippen LogP contribution is -2.50. The molecule has 0 unspecified atom stereocenters. The summed E-state index contributed by atoms with van der Waals surface area (Å²) in [4.78, 5) is 82.2. The van der Waals surface area contributed by atoms with Crippen molar-refractivity contribution in [1.29, 1.82) is 0 Å². The van der Waals surface area contributed by atoms with Crippen LogP contribution in [0.25, 0.3) is 0 Å². The molecule has 1 aromatic rings. The number of carbonyl (C=O) groups is 6. The van der Waals surface area contributed by atoms with E-state index in [1.807, 2.05) is 0 Å². The normalized spacial score (nSPS) is 12.5. The van der Waals surface area contributed by atoms with Gasteiger partial charge in [0.1, 0.15) is 48.6 Å². The van der Waals surface area contributed by atoms with Crippen LogP contribution in [0, 0.1) is 6.92 Å². The lowest BCUT2D eigenvalue weighted by Gasteiger charge is -2.30. The zero-order valence-electron chi connectivity index (χ0n) is 34.7. The summed E-state index contributed by atoms with van der Waals surface area (Å²) in [5, 5.41) is 0. The summed E-state index contributed by atoms with van der Waals surface area (Å²) in [5.74, 6) is -4.76. The highest BCUT2D eigenvalue weighted by Gasteiger charge is 2.31. The van der Waals surface area contributed by atoms with Crippen LogP contribution < -0.4 is 0 Å². The molecule has 0 aliphatic rings. The fourth-order valence-corrected chi connectivity index (χ4v) is 5.55. The van der Waals surface area contributed by atoms with Crippen molar-refractivity contribution in [3.63, 3.8) is 0 Å². The average molecular weight is 800 g/mol. The molecule has 16 nitrogen and oxygen atoms in total. The van der Waals surface area contributed by atoms with Gasteiger partial charge < -0.3 is 28.7 Å². The largest absolute Gasteiger partial charge is 0.459 e. The van der Waals surface area contributed by atoms with Crippen LogP contribution in [0.2, 0.25) is 0 Å². The number of carbonyl (C=O) groups excluding carboxylic acids is 6. The quantitative estimate of drug-likeness (QED) is 0.0908. The number of amides is 2. The van der Waals surface area contributed by atoms with Crippen molar-refractivity contribution in [3.8, 4) is 0 Å². The summed E-state index contributed by atoms with van der Waals surface area (Å²) in [6.45, 7) is 17.4. The van der Waals surface area contributed by atoms with Crippen LogP contribution in [-0.4, -0.2) is 134 Å². The number of hydrogen-bond donors (Lipinski definition) is 0. The molecular weight excluding hydrogens is 738 g/mol. The van der Waals surface area contributed by atoms with E-state index < -0.39 is 107 Å². The molecule has 0 radical (unpaired) electrons. The van der Waals surface area contributed by atoms with Gasteiger partial charge in [-0.05, 0) is 109 Å². The minimum atomic E-state index is -4.14. The Balaban J connectivity index is 3.44. The second-order valence-electron chi connectivity index (χ2n) is 17.0. The Morgan fingerprint density at radius 1 is 0.527 bits per heavy atom. The second kappa shape index (κ2) is 20.2. The third-order valence-corrected chi connectivity index (χ3v) is 7.88. The molecule has 0 N–H and O–H groups in total. The molecule has 0 bridgehead atoms. The van der Waals surface area contributed by atoms with Gasteiger partial charge in [0.05, 0.1) is 24.6 Å². The van der Waals surface area contributed by atoms with E-state index >= 15 is 0 Å². The molecule has 2 amide bonds. The Bertz CT molecular complexity index is 1460. The molecule has 0 atom stereocenters. The van der Waals surface area contributed by atoms with Gasteiger partial charge in [-0.1, -0.05) is 17.7 Å². The molecule has 0 aliphatic heterocycles. The molecule has 55 heavy (non-hydrogen) atoms. The van der Waals surface area contributed by atoms with Gasteiger partial charge in [-0.3, -0.25) is 37.9 Å². The van der Waals surface area contributed by atoms with Gasteiger partial charge in [0.15, 0.2) is 0 Å². The van der Waals surface area contributed by atoms with Crippen molar-refractivity contribution in [1.82, 2.24) is 14.7 Å². The van der Waals surface area contributed by atoms with Gasteiger partial charge in [-0.2, -0.15) is 8.42 Å². The van der Waals surface area contributed by atoms with E-state index in [1.165, 1.54) is 17.0 Å². The minimum absolute atomic E-state index is 0.0120. The molecule has 0 saturated carbocycles. The van der Waals surface area contributed by atoms with E-state index in [-0.39, 0.29) is 24.5 Å². The summed E-state index contributed by atoms with van der Waals surface area (Å²) >= 11 is 0. The number of hydrogen-bond acceptors (Lipinski definition) is 14. The Morgan fingerprint density at radius 2 is 0.836 bits per heavy atom. The van der Waals surface area contributed by atoms with Crippen molar-refractivity contribution in [2.45, 2.75) is 124 Å². The molecule has 0 saturated heterocycles. The summed E-state index contributed by atoms with van der Waals surface area (Å²) < 4.78 is 52.3. The maximum absolute atomic E-state index is 13.8. The predicted molar refractivity (Wildman–Crippen MR) is 202 cm³/mol. The van der Waals surface area contributed by atoms with Crippen LogP contribution in [0.3, 0.4) is 0 Å². The fourth-order valence-electron chi connectivity index (χ4n) is 4.61. The SMILES string of the molecule is Cc1ccc(S(=O)(=O)OCCCN(CC(=O)N(CC(=O)OC(C)(C)C)CC(=O)OC(C)(C)C)CC(=O)N(CC(=O)OC(C)(C)C)CC(=O)OC(C)(C)C)cc1. The fraction of sp³-hybridized carbons (Fsp3) is 0.684. The third kappa shape index (κ3) is 22.2. The van der Waals surface area contributed by atoms with Crippen LogP contribution in [0.1, 0.15) is 95.1 Å². The molecule has 0 aromatic heterocycles. The van der Waals surface area contributed by atoms with E-state index in [2.05, 4.69) is 0 Å². The number of aryl methyl sites for hydroxylation is 1. The molecular formula is C38H61N3O13S. The predicted octanol–water partition coefficient (Wildman–Crippen LogP) is 3.42. The Labute approximate surface area is 326 Å². The monoisotopic (exact) mass is 799 g/mol. The number of benzene rings is 1. The summed E-state index contributed by atoms with van der Waals surface area (Å²) in [6.07, 6.45) is -0.0120. The molecule has 0 heterocycles. The van der Waals surface area contributed by atoms with Crippen LogP contribution in [-0.2, 0) is 62.0 Å². The van der Waals surface area contributed by atoms with Gasteiger partial charge in [0.25, 0.3) is 10.1 Å². The standard InChI is InChI=1S/C38H61N3O13S/c1-27-15-17-28(18-16-27)55(48,49)50-20-14-19-39(21-29(42)40(23-31(44)51-35(2,3)4)24-32(45)52-36(5,6)7)22-30(43)41(25-33(46)53-37(8,9)10)26-34(47)54-38(11,12)13/h15-18H,14,19-26H2,1-13H3. The number of esters is 4. The van der Waals surface area contributed by atoms with Gasteiger partial charge >= 0.3 is 23.9 Å². The van der Waals surface area contributed by atoms with Crippen LogP contribution >= 0.6 is 0 Å². The maximum Gasteiger partial charge on any atom is 0.326 e. The van der Waals surface area contributed by atoms with E-state index in [1.54, 1.807) is 102 Å².